The third-order valence-corrected chi connectivity index (χ3v) is 5.41. The highest BCUT2D eigenvalue weighted by Crippen LogP contribution is 2.39. The molecule has 3 atom stereocenters. The first-order chi connectivity index (χ1) is 12.0. The van der Waals surface area contributed by atoms with Gasteiger partial charge in [-0.05, 0) is 65.0 Å². The topological polar surface area (TPSA) is 78.9 Å². The highest BCUT2D eigenvalue weighted by Gasteiger charge is 2.39. The van der Waals surface area contributed by atoms with Gasteiger partial charge >= 0.3 is 5.97 Å². The fourth-order valence-corrected chi connectivity index (χ4v) is 3.35. The van der Waals surface area contributed by atoms with Gasteiger partial charge in [-0.3, -0.25) is 4.18 Å². The number of carbonyl (C=O) groups is 1. The summed E-state index contributed by atoms with van der Waals surface area (Å²) in [7, 11) is -3.74. The number of aryl methyl sites for hydroxylation is 1. The number of ether oxygens (including phenoxy) is 2. The summed E-state index contributed by atoms with van der Waals surface area (Å²) < 4.78 is 40.3. The molecular formula is C19H28O6S. The van der Waals surface area contributed by atoms with Gasteiger partial charge in [-0.2, -0.15) is 8.42 Å². The zero-order valence-electron chi connectivity index (χ0n) is 16.0. The molecule has 0 saturated heterocycles. The van der Waals surface area contributed by atoms with E-state index in [1.807, 2.05) is 6.92 Å². The van der Waals surface area contributed by atoms with E-state index in [-0.39, 0.29) is 23.3 Å². The minimum atomic E-state index is -3.74. The SMILES string of the molecule is Cc1ccc(S(=O)(=O)OC[C@H]2C[C@@H]2COC(C)C(=O)OC(C)(C)C)cc1. The molecule has 146 valence electrons. The molecule has 0 aliphatic heterocycles. The van der Waals surface area contributed by atoms with Crippen molar-refractivity contribution in [2.45, 2.75) is 57.6 Å². The van der Waals surface area contributed by atoms with Gasteiger partial charge in [0.2, 0.25) is 0 Å². The van der Waals surface area contributed by atoms with Gasteiger partial charge in [-0.15, -0.1) is 0 Å². The molecule has 1 fully saturated rings. The maximum atomic E-state index is 12.2. The lowest BCUT2D eigenvalue weighted by Gasteiger charge is -2.22. The molecule has 1 aromatic carbocycles. The summed E-state index contributed by atoms with van der Waals surface area (Å²) in [5, 5.41) is 0. The van der Waals surface area contributed by atoms with Crippen molar-refractivity contribution < 1.29 is 26.9 Å². The van der Waals surface area contributed by atoms with Crippen LogP contribution in [0.2, 0.25) is 0 Å². The normalized spacial score (nSPS) is 21.3. The lowest BCUT2D eigenvalue weighted by molar-refractivity contribution is -0.167. The number of benzene rings is 1. The molecule has 7 heteroatoms. The highest BCUT2D eigenvalue weighted by atomic mass is 32.2. The van der Waals surface area contributed by atoms with E-state index in [4.69, 9.17) is 13.7 Å². The van der Waals surface area contributed by atoms with Crippen LogP contribution in [0.5, 0.6) is 0 Å². The van der Waals surface area contributed by atoms with Crippen LogP contribution in [0, 0.1) is 18.8 Å². The molecule has 0 N–H and O–H groups in total. The van der Waals surface area contributed by atoms with Crippen LogP contribution in [-0.4, -0.2) is 39.3 Å². The van der Waals surface area contributed by atoms with Gasteiger partial charge in [-0.25, -0.2) is 4.79 Å². The molecule has 1 saturated carbocycles. The summed E-state index contributed by atoms with van der Waals surface area (Å²) in [4.78, 5) is 12.0. The molecule has 6 nitrogen and oxygen atoms in total. The molecule has 0 radical (unpaired) electrons. The van der Waals surface area contributed by atoms with Crippen LogP contribution in [0.4, 0.5) is 0 Å². The van der Waals surface area contributed by atoms with E-state index < -0.39 is 27.8 Å². The number of rotatable bonds is 8. The van der Waals surface area contributed by atoms with Crippen LogP contribution in [0.3, 0.4) is 0 Å². The second-order valence-corrected chi connectivity index (χ2v) is 9.43. The molecule has 2 rings (SSSR count). The standard InChI is InChI=1S/C19H28O6S/c1-13-6-8-17(9-7-13)26(21,22)24-12-16-10-15(16)11-23-14(2)18(20)25-19(3,4)5/h6-9,14-16H,10-12H2,1-5H3/t14?,15-,16-/m1/s1. The van der Waals surface area contributed by atoms with Gasteiger partial charge in [0.25, 0.3) is 10.1 Å². The summed E-state index contributed by atoms with van der Waals surface area (Å²) >= 11 is 0. The minimum absolute atomic E-state index is 0.126. The number of carbonyl (C=O) groups excluding carboxylic acids is 1. The number of esters is 1. The molecule has 1 aromatic rings. The molecule has 1 aliphatic rings. The Morgan fingerprint density at radius 2 is 1.73 bits per heavy atom. The van der Waals surface area contributed by atoms with E-state index in [1.165, 1.54) is 0 Å². The van der Waals surface area contributed by atoms with Crippen molar-refractivity contribution in [2.75, 3.05) is 13.2 Å². The molecule has 0 amide bonds. The average molecular weight is 384 g/mol. The lowest BCUT2D eigenvalue weighted by Crippen LogP contribution is -2.32. The lowest BCUT2D eigenvalue weighted by atomic mass is 10.2. The molecule has 26 heavy (non-hydrogen) atoms. The maximum absolute atomic E-state index is 12.2. The van der Waals surface area contributed by atoms with E-state index in [2.05, 4.69) is 0 Å². The second-order valence-electron chi connectivity index (χ2n) is 7.82. The Morgan fingerprint density at radius 1 is 1.15 bits per heavy atom. The van der Waals surface area contributed by atoms with Gasteiger partial charge in [0, 0.05) is 0 Å². The van der Waals surface area contributed by atoms with Crippen molar-refractivity contribution in [1.29, 1.82) is 0 Å². The monoisotopic (exact) mass is 384 g/mol. The fraction of sp³-hybridized carbons (Fsp3) is 0.632. The van der Waals surface area contributed by atoms with Crippen LogP contribution in [0.15, 0.2) is 29.2 Å². The van der Waals surface area contributed by atoms with Crippen molar-refractivity contribution in [3.05, 3.63) is 29.8 Å². The van der Waals surface area contributed by atoms with Gasteiger partial charge in [0.05, 0.1) is 18.1 Å². The Hall–Kier alpha value is -1.44. The van der Waals surface area contributed by atoms with Crippen molar-refractivity contribution in [3.63, 3.8) is 0 Å². The molecular weight excluding hydrogens is 356 g/mol. The molecule has 1 unspecified atom stereocenters. The molecule has 0 bridgehead atoms. The van der Waals surface area contributed by atoms with Gasteiger partial charge in [0.1, 0.15) is 5.60 Å². The summed E-state index contributed by atoms with van der Waals surface area (Å²) in [6.45, 7) is 9.49. The second kappa shape index (κ2) is 8.06. The predicted molar refractivity (Wildman–Crippen MR) is 97.2 cm³/mol. The molecule has 0 aromatic heterocycles. The van der Waals surface area contributed by atoms with Gasteiger partial charge < -0.3 is 9.47 Å². The van der Waals surface area contributed by atoms with Crippen LogP contribution in [0.25, 0.3) is 0 Å². The first kappa shape index (κ1) is 20.9. The number of hydrogen-bond acceptors (Lipinski definition) is 6. The van der Waals surface area contributed by atoms with E-state index in [1.54, 1.807) is 52.0 Å². The average Bonchev–Trinajstić information content (AvgIpc) is 3.28. The Balaban J connectivity index is 1.72. The summed E-state index contributed by atoms with van der Waals surface area (Å²) in [6.07, 6.45) is 0.178. The number of hydrogen-bond donors (Lipinski definition) is 0. The van der Waals surface area contributed by atoms with E-state index in [9.17, 15) is 13.2 Å². The van der Waals surface area contributed by atoms with Gasteiger partial charge in [-0.1, -0.05) is 17.7 Å². The summed E-state index contributed by atoms with van der Waals surface area (Å²) in [5.74, 6) is -0.0675. The predicted octanol–water partition coefficient (Wildman–Crippen LogP) is 3.08. The molecule has 0 spiro atoms. The zero-order valence-corrected chi connectivity index (χ0v) is 16.8. The maximum Gasteiger partial charge on any atom is 0.335 e. The summed E-state index contributed by atoms with van der Waals surface area (Å²) in [6, 6.07) is 6.56. The van der Waals surface area contributed by atoms with Crippen LogP contribution in [0.1, 0.15) is 39.7 Å². The fourth-order valence-electron chi connectivity index (χ4n) is 2.39. The summed E-state index contributed by atoms with van der Waals surface area (Å²) in [5.41, 5.74) is 0.442. The third-order valence-electron chi connectivity index (χ3n) is 4.11. The van der Waals surface area contributed by atoms with Crippen LogP contribution < -0.4 is 0 Å². The molecule has 0 heterocycles. The Kier molecular flexibility index (Phi) is 6.47. The Morgan fingerprint density at radius 3 is 2.31 bits per heavy atom. The Bertz CT molecular complexity index is 717. The quantitative estimate of drug-likeness (QED) is 0.506. The first-order valence-corrected chi connectivity index (χ1v) is 10.2. The van der Waals surface area contributed by atoms with Crippen LogP contribution >= 0.6 is 0 Å². The van der Waals surface area contributed by atoms with Crippen molar-refractivity contribution in [1.82, 2.24) is 0 Å². The van der Waals surface area contributed by atoms with Gasteiger partial charge in [0.15, 0.2) is 6.10 Å². The van der Waals surface area contributed by atoms with Crippen molar-refractivity contribution in [2.24, 2.45) is 11.8 Å². The van der Waals surface area contributed by atoms with Crippen LogP contribution in [-0.2, 0) is 28.6 Å². The molecule has 1 aliphatic carbocycles. The highest BCUT2D eigenvalue weighted by molar-refractivity contribution is 7.86. The van der Waals surface area contributed by atoms with Crippen molar-refractivity contribution in [3.8, 4) is 0 Å². The third kappa shape index (κ3) is 6.37. The van der Waals surface area contributed by atoms with E-state index in [0.29, 0.717) is 6.61 Å². The van der Waals surface area contributed by atoms with E-state index in [0.717, 1.165) is 12.0 Å². The minimum Gasteiger partial charge on any atom is -0.458 e. The Labute approximate surface area is 156 Å². The van der Waals surface area contributed by atoms with Crippen molar-refractivity contribution >= 4 is 16.1 Å². The first-order valence-electron chi connectivity index (χ1n) is 8.78. The van der Waals surface area contributed by atoms with E-state index >= 15 is 0 Å². The smallest absolute Gasteiger partial charge is 0.335 e. The zero-order chi connectivity index (χ0) is 19.5. The largest absolute Gasteiger partial charge is 0.458 e.